The molecule has 2 aromatic heterocycles. The maximum atomic E-state index is 12.8. The number of ether oxygens (including phenoxy) is 1. The Bertz CT molecular complexity index is 1140. The first-order valence-corrected chi connectivity index (χ1v) is 9.89. The second kappa shape index (κ2) is 8.83. The van der Waals surface area contributed by atoms with Crippen molar-refractivity contribution in [2.75, 3.05) is 0 Å². The van der Waals surface area contributed by atoms with E-state index < -0.39 is 0 Å². The van der Waals surface area contributed by atoms with Gasteiger partial charge in [-0.25, -0.2) is 5.10 Å². The topological polar surface area (TPSA) is 85.7 Å². The largest absolute Gasteiger partial charge is 0.489 e. The van der Waals surface area contributed by atoms with Gasteiger partial charge in [-0.3, -0.25) is 4.79 Å². The Hall–Kier alpha value is -3.26. The first-order chi connectivity index (χ1) is 14.2. The third-order valence-electron chi connectivity index (χ3n) is 4.50. The quantitative estimate of drug-likeness (QED) is 0.463. The molecule has 0 fully saturated rings. The lowest BCUT2D eigenvalue weighted by molar-refractivity contribution is 0.302. The molecule has 0 saturated heterocycles. The highest BCUT2D eigenvalue weighted by molar-refractivity contribution is 9.10. The minimum Gasteiger partial charge on any atom is -0.489 e. The molecule has 2 aromatic carbocycles. The third-order valence-corrected chi connectivity index (χ3v) is 5.00. The van der Waals surface area contributed by atoms with Gasteiger partial charge < -0.3 is 9.30 Å². The molecule has 29 heavy (non-hydrogen) atoms. The summed E-state index contributed by atoms with van der Waals surface area (Å²) in [4.78, 5) is 12.8. The van der Waals surface area contributed by atoms with Gasteiger partial charge in [0.2, 0.25) is 0 Å². The number of benzene rings is 2. The van der Waals surface area contributed by atoms with E-state index in [1.54, 1.807) is 16.8 Å². The van der Waals surface area contributed by atoms with Crippen molar-refractivity contribution in [3.05, 3.63) is 92.8 Å². The summed E-state index contributed by atoms with van der Waals surface area (Å²) in [7, 11) is 0. The van der Waals surface area contributed by atoms with Crippen LogP contribution in [0.25, 0.3) is 11.4 Å². The van der Waals surface area contributed by atoms with Crippen LogP contribution in [0.2, 0.25) is 0 Å². The zero-order valence-corrected chi connectivity index (χ0v) is 17.0. The van der Waals surface area contributed by atoms with E-state index in [0.29, 0.717) is 31.0 Å². The number of H-pyrrole nitrogens is 1. The molecule has 0 amide bonds. The van der Waals surface area contributed by atoms with Crippen molar-refractivity contribution in [1.82, 2.24) is 25.2 Å². The number of hydrogen-bond donors (Lipinski definition) is 1. The van der Waals surface area contributed by atoms with E-state index in [-0.39, 0.29) is 5.56 Å². The Kier molecular flexibility index (Phi) is 5.81. The van der Waals surface area contributed by atoms with Crippen molar-refractivity contribution in [3.63, 3.8) is 0 Å². The highest BCUT2D eigenvalue weighted by atomic mass is 79.9. The Balaban J connectivity index is 1.52. The molecule has 0 aliphatic heterocycles. The average Bonchev–Trinajstić information content (AvgIpc) is 3.28. The number of aromatic nitrogens is 5. The summed E-state index contributed by atoms with van der Waals surface area (Å²) in [6.07, 6.45) is 2.40. The summed E-state index contributed by atoms with van der Waals surface area (Å²) in [6.45, 7) is 0.996. The van der Waals surface area contributed by atoms with Gasteiger partial charge in [0.05, 0.1) is 5.56 Å². The van der Waals surface area contributed by atoms with Crippen LogP contribution in [0.3, 0.4) is 0 Å². The van der Waals surface area contributed by atoms with Crippen LogP contribution in [-0.2, 0) is 19.6 Å². The first kappa shape index (κ1) is 19.1. The molecule has 0 aliphatic rings. The van der Waals surface area contributed by atoms with E-state index >= 15 is 0 Å². The van der Waals surface area contributed by atoms with Gasteiger partial charge >= 0.3 is 0 Å². The van der Waals surface area contributed by atoms with Gasteiger partial charge in [-0.05, 0) is 58.3 Å². The van der Waals surface area contributed by atoms with E-state index in [1.807, 2.05) is 54.6 Å². The van der Waals surface area contributed by atoms with E-state index in [9.17, 15) is 4.79 Å². The van der Waals surface area contributed by atoms with Gasteiger partial charge in [-0.1, -0.05) is 46.3 Å². The lowest BCUT2D eigenvalue weighted by atomic mass is 10.1. The Morgan fingerprint density at radius 1 is 1.07 bits per heavy atom. The van der Waals surface area contributed by atoms with Gasteiger partial charge in [0.1, 0.15) is 12.4 Å². The number of tetrazole rings is 1. The summed E-state index contributed by atoms with van der Waals surface area (Å²) < 4.78 is 8.66. The molecule has 1 N–H and O–H groups in total. The SMILES string of the molecule is O=c1c(-c2nnn[nH]2)cccn1CCc1cc(Br)ccc1OCc1ccccc1. The maximum Gasteiger partial charge on any atom is 0.261 e. The number of aromatic amines is 1. The average molecular weight is 452 g/mol. The summed E-state index contributed by atoms with van der Waals surface area (Å²) >= 11 is 3.52. The van der Waals surface area contributed by atoms with Crippen LogP contribution in [0.5, 0.6) is 5.75 Å². The molecule has 0 radical (unpaired) electrons. The molecule has 146 valence electrons. The van der Waals surface area contributed by atoms with Crippen LogP contribution >= 0.6 is 15.9 Å². The van der Waals surface area contributed by atoms with Gasteiger partial charge in [0.15, 0.2) is 5.82 Å². The molecule has 0 atom stereocenters. The highest BCUT2D eigenvalue weighted by Gasteiger charge is 2.11. The second-order valence-electron chi connectivity index (χ2n) is 6.45. The standard InChI is InChI=1S/C21H18BrN5O2/c22-17-8-9-19(29-14-15-5-2-1-3-6-15)16(13-17)10-12-27-11-4-7-18(21(27)28)20-23-25-26-24-20/h1-9,11,13H,10,12,14H2,(H,23,24,25,26). The van der Waals surface area contributed by atoms with Crippen LogP contribution in [0.4, 0.5) is 0 Å². The first-order valence-electron chi connectivity index (χ1n) is 9.09. The highest BCUT2D eigenvalue weighted by Crippen LogP contribution is 2.25. The van der Waals surface area contributed by atoms with Gasteiger partial charge in [-0.15, -0.1) is 5.10 Å². The van der Waals surface area contributed by atoms with Crippen molar-refractivity contribution in [2.45, 2.75) is 19.6 Å². The smallest absolute Gasteiger partial charge is 0.261 e. The second-order valence-corrected chi connectivity index (χ2v) is 7.36. The van der Waals surface area contributed by atoms with Crippen LogP contribution < -0.4 is 10.3 Å². The Morgan fingerprint density at radius 3 is 2.72 bits per heavy atom. The summed E-state index contributed by atoms with van der Waals surface area (Å²) in [5, 5.41) is 13.5. The fourth-order valence-corrected chi connectivity index (χ4v) is 3.44. The number of halogens is 1. The summed E-state index contributed by atoms with van der Waals surface area (Å²) in [5.74, 6) is 1.17. The van der Waals surface area contributed by atoms with Gasteiger partial charge in [-0.2, -0.15) is 0 Å². The summed E-state index contributed by atoms with van der Waals surface area (Å²) in [6, 6.07) is 19.5. The molecule has 8 heteroatoms. The van der Waals surface area contributed by atoms with Gasteiger partial charge in [0.25, 0.3) is 5.56 Å². The predicted octanol–water partition coefficient (Wildman–Crippen LogP) is 3.61. The Labute approximate surface area is 175 Å². The van der Waals surface area contributed by atoms with E-state index in [2.05, 4.69) is 36.6 Å². The molecule has 4 rings (SSSR count). The molecular formula is C21H18BrN5O2. The number of aryl methyl sites for hydroxylation is 2. The van der Waals surface area contributed by atoms with Crippen LogP contribution in [0, 0.1) is 0 Å². The van der Waals surface area contributed by atoms with Crippen LogP contribution in [0.1, 0.15) is 11.1 Å². The number of nitrogens with zero attached hydrogens (tertiary/aromatic N) is 4. The molecule has 0 spiro atoms. The lowest BCUT2D eigenvalue weighted by Crippen LogP contribution is -2.22. The van der Waals surface area contributed by atoms with Crippen LogP contribution in [-0.4, -0.2) is 25.2 Å². The normalized spacial score (nSPS) is 10.8. The molecule has 2 heterocycles. The number of pyridine rings is 1. The van der Waals surface area contributed by atoms with E-state index in [0.717, 1.165) is 21.3 Å². The number of nitrogens with one attached hydrogen (secondary N) is 1. The third kappa shape index (κ3) is 4.60. The van der Waals surface area contributed by atoms with E-state index in [4.69, 9.17) is 4.74 Å². The molecule has 4 aromatic rings. The van der Waals surface area contributed by atoms with Gasteiger partial charge in [0, 0.05) is 17.2 Å². The van der Waals surface area contributed by atoms with Crippen LogP contribution in [0.15, 0.2) is 76.1 Å². The van der Waals surface area contributed by atoms with Crippen molar-refractivity contribution >= 4 is 15.9 Å². The minimum absolute atomic E-state index is 0.146. The number of rotatable bonds is 7. The molecule has 0 aliphatic carbocycles. The lowest BCUT2D eigenvalue weighted by Gasteiger charge is -2.13. The molecule has 0 saturated carbocycles. The monoisotopic (exact) mass is 451 g/mol. The predicted molar refractivity (Wildman–Crippen MR) is 112 cm³/mol. The van der Waals surface area contributed by atoms with Crippen molar-refractivity contribution in [3.8, 4) is 17.1 Å². The molecule has 0 unspecified atom stereocenters. The van der Waals surface area contributed by atoms with Crippen molar-refractivity contribution in [1.29, 1.82) is 0 Å². The van der Waals surface area contributed by atoms with Crippen molar-refractivity contribution in [2.24, 2.45) is 0 Å². The maximum absolute atomic E-state index is 12.8. The molecular weight excluding hydrogens is 434 g/mol. The zero-order chi connectivity index (χ0) is 20.1. The fourth-order valence-electron chi connectivity index (χ4n) is 3.03. The molecule has 7 nitrogen and oxygen atoms in total. The van der Waals surface area contributed by atoms with Crippen molar-refractivity contribution < 1.29 is 4.74 Å². The molecule has 0 bridgehead atoms. The summed E-state index contributed by atoms with van der Waals surface area (Å²) in [5.41, 5.74) is 2.42. The fraction of sp³-hybridized carbons (Fsp3) is 0.143. The number of hydrogen-bond acceptors (Lipinski definition) is 5. The van der Waals surface area contributed by atoms with E-state index in [1.165, 1.54) is 0 Å². The Morgan fingerprint density at radius 2 is 1.93 bits per heavy atom. The zero-order valence-electron chi connectivity index (χ0n) is 15.5. The minimum atomic E-state index is -0.146.